The van der Waals surface area contributed by atoms with Crippen LogP contribution in [0.15, 0.2) is 54.6 Å². The quantitative estimate of drug-likeness (QED) is 0.729. The van der Waals surface area contributed by atoms with Crippen molar-refractivity contribution >= 4 is 11.7 Å². The highest BCUT2D eigenvalue weighted by molar-refractivity contribution is 5.90. The number of nitrogens with zero attached hydrogens (tertiary/aromatic N) is 2. The molecule has 3 rings (SSSR count). The third-order valence-corrected chi connectivity index (χ3v) is 3.58. The summed E-state index contributed by atoms with van der Waals surface area (Å²) in [6, 6.07) is 13.1. The molecule has 1 aromatic heterocycles. The normalized spacial score (nSPS) is 10.6. The number of hydrogen-bond acceptors (Lipinski definition) is 3. The van der Waals surface area contributed by atoms with Crippen LogP contribution in [0.1, 0.15) is 12.1 Å². The van der Waals surface area contributed by atoms with E-state index in [0.29, 0.717) is 22.9 Å². The van der Waals surface area contributed by atoms with Gasteiger partial charge in [0.15, 0.2) is 0 Å². The van der Waals surface area contributed by atoms with Crippen LogP contribution < -0.4 is 10.1 Å². The lowest BCUT2D eigenvalue weighted by Crippen LogP contribution is -2.17. The molecule has 26 heavy (non-hydrogen) atoms. The highest BCUT2D eigenvalue weighted by Gasteiger charge is 2.11. The van der Waals surface area contributed by atoms with Crippen molar-refractivity contribution in [3.8, 4) is 11.4 Å². The molecule has 2 aromatic carbocycles. The van der Waals surface area contributed by atoms with Crippen LogP contribution in [-0.4, -0.2) is 22.3 Å². The van der Waals surface area contributed by atoms with Crippen LogP contribution in [0.5, 0.6) is 5.75 Å². The summed E-state index contributed by atoms with van der Waals surface area (Å²) >= 11 is 0. The van der Waals surface area contributed by atoms with Crippen molar-refractivity contribution in [1.82, 2.24) is 9.78 Å². The molecule has 134 valence electrons. The zero-order valence-corrected chi connectivity index (χ0v) is 14.1. The predicted molar refractivity (Wildman–Crippen MR) is 93.4 cm³/mol. The van der Waals surface area contributed by atoms with Gasteiger partial charge >= 0.3 is 0 Å². The second-order valence-corrected chi connectivity index (χ2v) is 5.66. The van der Waals surface area contributed by atoms with E-state index in [2.05, 4.69) is 10.4 Å². The lowest BCUT2D eigenvalue weighted by atomic mass is 10.3. The molecule has 0 spiro atoms. The third-order valence-electron chi connectivity index (χ3n) is 3.58. The number of hydrogen-bond donors (Lipinski definition) is 1. The van der Waals surface area contributed by atoms with E-state index in [0.717, 1.165) is 0 Å². The maximum absolute atomic E-state index is 13.1. The molecule has 0 unspecified atom stereocenters. The molecular weight excluding hydrogens is 340 g/mol. The van der Waals surface area contributed by atoms with Crippen molar-refractivity contribution in [3.05, 3.63) is 71.9 Å². The van der Waals surface area contributed by atoms with Crippen LogP contribution in [0.3, 0.4) is 0 Å². The summed E-state index contributed by atoms with van der Waals surface area (Å²) in [5, 5.41) is 7.08. The fraction of sp³-hybridized carbons (Fsp3) is 0.158. The molecule has 0 saturated heterocycles. The zero-order valence-electron chi connectivity index (χ0n) is 14.1. The van der Waals surface area contributed by atoms with Gasteiger partial charge in [-0.15, -0.1) is 0 Å². The number of ether oxygens (including phenoxy) is 1. The summed E-state index contributed by atoms with van der Waals surface area (Å²) in [5.41, 5.74) is 1.35. The number of carbonyl (C=O) groups excluding carboxylic acids is 1. The first-order valence-corrected chi connectivity index (χ1v) is 8.02. The fourth-order valence-electron chi connectivity index (χ4n) is 2.37. The Morgan fingerprint density at radius 1 is 1.08 bits per heavy atom. The van der Waals surface area contributed by atoms with Gasteiger partial charge in [0.2, 0.25) is 5.91 Å². The van der Waals surface area contributed by atoms with Crippen molar-refractivity contribution in [2.24, 2.45) is 0 Å². The summed E-state index contributed by atoms with van der Waals surface area (Å²) in [6.45, 7) is 1.95. The van der Waals surface area contributed by atoms with E-state index >= 15 is 0 Å². The Morgan fingerprint density at radius 2 is 1.69 bits per heavy atom. The molecular formula is C19H17F2N3O2. The van der Waals surface area contributed by atoms with E-state index in [1.807, 2.05) is 0 Å². The molecule has 0 atom stereocenters. The lowest BCUT2D eigenvalue weighted by molar-refractivity contribution is -0.116. The van der Waals surface area contributed by atoms with Crippen LogP contribution in [-0.2, 0) is 4.79 Å². The van der Waals surface area contributed by atoms with Gasteiger partial charge in [-0.3, -0.25) is 4.79 Å². The van der Waals surface area contributed by atoms with E-state index < -0.39 is 0 Å². The van der Waals surface area contributed by atoms with Crippen LogP contribution in [0, 0.1) is 18.6 Å². The average Bonchev–Trinajstić information content (AvgIpc) is 2.97. The lowest BCUT2D eigenvalue weighted by Gasteiger charge is -2.10. The first-order valence-electron chi connectivity index (χ1n) is 8.02. The highest BCUT2D eigenvalue weighted by atomic mass is 19.1. The number of halogens is 2. The molecule has 1 heterocycles. The molecule has 0 saturated carbocycles. The van der Waals surface area contributed by atoms with E-state index in [1.165, 1.54) is 41.1 Å². The highest BCUT2D eigenvalue weighted by Crippen LogP contribution is 2.18. The number of rotatable bonds is 6. The van der Waals surface area contributed by atoms with Crippen LogP contribution in [0.4, 0.5) is 14.6 Å². The Labute approximate surface area is 149 Å². The number of aryl methyl sites for hydroxylation is 1. The Bertz CT molecular complexity index is 890. The minimum Gasteiger partial charge on any atom is -0.493 e. The van der Waals surface area contributed by atoms with Crippen molar-refractivity contribution in [2.75, 3.05) is 11.9 Å². The van der Waals surface area contributed by atoms with Crippen molar-refractivity contribution in [3.63, 3.8) is 0 Å². The summed E-state index contributed by atoms with van der Waals surface area (Å²) in [4.78, 5) is 12.2. The van der Waals surface area contributed by atoms with Gasteiger partial charge in [-0.1, -0.05) is 0 Å². The number of benzene rings is 2. The van der Waals surface area contributed by atoms with Gasteiger partial charge in [-0.25, -0.2) is 13.5 Å². The molecule has 0 aliphatic carbocycles. The second-order valence-electron chi connectivity index (χ2n) is 5.66. The molecule has 0 radical (unpaired) electrons. The molecule has 1 amide bonds. The van der Waals surface area contributed by atoms with Gasteiger partial charge in [0.05, 0.1) is 24.4 Å². The van der Waals surface area contributed by atoms with E-state index in [1.54, 1.807) is 25.1 Å². The number of carbonyl (C=O) groups is 1. The number of anilines is 1. The second kappa shape index (κ2) is 7.77. The molecule has 0 aliphatic heterocycles. The van der Waals surface area contributed by atoms with Crippen molar-refractivity contribution < 1.29 is 18.3 Å². The third kappa shape index (κ3) is 4.44. The Morgan fingerprint density at radius 3 is 2.35 bits per heavy atom. The molecule has 0 fully saturated rings. The van der Waals surface area contributed by atoms with Gasteiger partial charge in [-0.2, -0.15) is 5.10 Å². The fourth-order valence-corrected chi connectivity index (χ4v) is 2.37. The van der Waals surface area contributed by atoms with Gasteiger partial charge in [0.1, 0.15) is 23.2 Å². The van der Waals surface area contributed by atoms with Crippen molar-refractivity contribution in [2.45, 2.75) is 13.3 Å². The minimum absolute atomic E-state index is 0.116. The summed E-state index contributed by atoms with van der Waals surface area (Å²) in [7, 11) is 0. The SMILES string of the molecule is Cc1cc(NC(=O)CCOc2ccc(F)cc2)n(-c2ccc(F)cc2)n1. The number of aromatic nitrogens is 2. The number of nitrogens with one attached hydrogen (secondary N) is 1. The minimum atomic E-state index is -0.348. The van der Waals surface area contributed by atoms with E-state index in [9.17, 15) is 13.6 Å². The largest absolute Gasteiger partial charge is 0.493 e. The smallest absolute Gasteiger partial charge is 0.228 e. The molecule has 1 N–H and O–H groups in total. The summed E-state index contributed by atoms with van der Waals surface area (Å²) < 4.78 is 32.9. The van der Waals surface area contributed by atoms with Crippen LogP contribution >= 0.6 is 0 Å². The summed E-state index contributed by atoms with van der Waals surface area (Å²) in [6.07, 6.45) is 0.116. The van der Waals surface area contributed by atoms with E-state index in [-0.39, 0.29) is 30.6 Å². The van der Waals surface area contributed by atoms with Gasteiger partial charge in [0, 0.05) is 6.07 Å². The Hall–Kier alpha value is -3.22. The van der Waals surface area contributed by atoms with E-state index in [4.69, 9.17) is 4.74 Å². The molecule has 7 heteroatoms. The first-order chi connectivity index (χ1) is 12.5. The van der Waals surface area contributed by atoms with Crippen LogP contribution in [0.25, 0.3) is 5.69 Å². The van der Waals surface area contributed by atoms with Crippen molar-refractivity contribution in [1.29, 1.82) is 0 Å². The molecule has 0 aliphatic rings. The summed E-state index contributed by atoms with van der Waals surface area (Å²) in [5.74, 6) is 0.0309. The Kier molecular flexibility index (Phi) is 5.26. The van der Waals surface area contributed by atoms with Gasteiger partial charge in [-0.05, 0) is 55.5 Å². The Balaban J connectivity index is 1.60. The maximum atomic E-state index is 13.1. The average molecular weight is 357 g/mol. The topological polar surface area (TPSA) is 56.1 Å². The molecule has 5 nitrogen and oxygen atoms in total. The van der Waals surface area contributed by atoms with Gasteiger partial charge in [0.25, 0.3) is 0 Å². The first kappa shape index (κ1) is 17.6. The molecule has 3 aromatic rings. The van der Waals surface area contributed by atoms with Crippen LogP contribution in [0.2, 0.25) is 0 Å². The zero-order chi connectivity index (χ0) is 18.5. The standard InChI is InChI=1S/C19H17F2N3O2/c1-13-12-18(24(23-13)16-6-2-14(20)3-7-16)22-19(25)10-11-26-17-8-4-15(21)5-9-17/h2-9,12H,10-11H2,1H3,(H,22,25). The maximum Gasteiger partial charge on any atom is 0.228 e. The number of amides is 1. The predicted octanol–water partition coefficient (Wildman–Crippen LogP) is 3.87. The molecule has 0 bridgehead atoms. The monoisotopic (exact) mass is 357 g/mol. The van der Waals surface area contributed by atoms with Gasteiger partial charge < -0.3 is 10.1 Å².